The molecule has 0 unspecified atom stereocenters. The van der Waals surface area contributed by atoms with Crippen LogP contribution in [0.15, 0.2) is 36.5 Å². The number of ether oxygens (including phenoxy) is 1. The molecule has 11 heteroatoms. The van der Waals surface area contributed by atoms with E-state index in [-0.39, 0.29) is 42.4 Å². The number of aromatic nitrogens is 3. The largest absolute Gasteiger partial charge is 0.482 e. The van der Waals surface area contributed by atoms with Crippen LogP contribution in [0, 0.1) is 0 Å². The first-order valence-electron chi connectivity index (χ1n) is 10.1. The van der Waals surface area contributed by atoms with Crippen LogP contribution in [0.5, 0.6) is 5.75 Å². The van der Waals surface area contributed by atoms with Crippen molar-refractivity contribution in [1.29, 1.82) is 0 Å². The third-order valence-electron chi connectivity index (χ3n) is 5.35. The SMILES string of the molecule is CN1CC(NC(=O)c2cc(C(=O)NCc3ccc4c(c3)NC(=O)CO4)nc3ccnn23)C1. The summed E-state index contributed by atoms with van der Waals surface area (Å²) < 4.78 is 6.76. The topological polar surface area (TPSA) is 130 Å². The van der Waals surface area contributed by atoms with Crippen LogP contribution in [0.1, 0.15) is 26.5 Å². The number of carbonyl (C=O) groups is 3. The molecule has 0 bridgehead atoms. The van der Waals surface area contributed by atoms with Gasteiger partial charge in [-0.25, -0.2) is 9.50 Å². The Morgan fingerprint density at radius 2 is 2.06 bits per heavy atom. The molecule has 4 heterocycles. The van der Waals surface area contributed by atoms with Gasteiger partial charge in [-0.15, -0.1) is 0 Å². The molecule has 0 radical (unpaired) electrons. The number of carbonyl (C=O) groups excluding carboxylic acids is 3. The van der Waals surface area contributed by atoms with Crippen molar-refractivity contribution in [2.75, 3.05) is 32.1 Å². The van der Waals surface area contributed by atoms with Crippen molar-refractivity contribution >= 4 is 29.1 Å². The highest BCUT2D eigenvalue weighted by Crippen LogP contribution is 2.28. The second kappa shape index (κ2) is 7.93. The van der Waals surface area contributed by atoms with Crippen molar-refractivity contribution in [2.45, 2.75) is 12.6 Å². The van der Waals surface area contributed by atoms with Crippen LogP contribution in [0.2, 0.25) is 0 Å². The van der Waals surface area contributed by atoms with Gasteiger partial charge in [-0.1, -0.05) is 6.07 Å². The maximum absolute atomic E-state index is 12.8. The fourth-order valence-corrected chi connectivity index (χ4v) is 3.75. The zero-order valence-corrected chi connectivity index (χ0v) is 17.3. The van der Waals surface area contributed by atoms with E-state index in [1.54, 1.807) is 24.3 Å². The first-order valence-corrected chi connectivity index (χ1v) is 10.1. The lowest BCUT2D eigenvalue weighted by Gasteiger charge is -2.36. The minimum atomic E-state index is -0.427. The zero-order valence-electron chi connectivity index (χ0n) is 17.3. The number of fused-ring (bicyclic) bond motifs is 2. The average molecular weight is 435 g/mol. The Labute approximate surface area is 182 Å². The van der Waals surface area contributed by atoms with Gasteiger partial charge in [0, 0.05) is 31.8 Å². The Hall–Kier alpha value is -3.99. The average Bonchev–Trinajstić information content (AvgIpc) is 3.24. The Kier molecular flexibility index (Phi) is 4.94. The van der Waals surface area contributed by atoms with E-state index in [1.165, 1.54) is 16.8 Å². The van der Waals surface area contributed by atoms with Crippen molar-refractivity contribution in [3.8, 4) is 5.75 Å². The van der Waals surface area contributed by atoms with Gasteiger partial charge in [0.05, 0.1) is 17.9 Å². The summed E-state index contributed by atoms with van der Waals surface area (Å²) in [7, 11) is 1.98. The van der Waals surface area contributed by atoms with Gasteiger partial charge >= 0.3 is 0 Å². The summed E-state index contributed by atoms with van der Waals surface area (Å²) in [6.45, 7) is 1.75. The van der Waals surface area contributed by atoms with Crippen molar-refractivity contribution in [3.05, 3.63) is 53.5 Å². The number of nitrogens with zero attached hydrogens (tertiary/aromatic N) is 4. The Bertz CT molecular complexity index is 1230. The number of likely N-dealkylation sites (tertiary alicyclic amines) is 1. The fourth-order valence-electron chi connectivity index (χ4n) is 3.75. The normalized spacial score (nSPS) is 16.0. The molecule has 32 heavy (non-hydrogen) atoms. The lowest BCUT2D eigenvalue weighted by atomic mass is 10.1. The lowest BCUT2D eigenvalue weighted by Crippen LogP contribution is -2.57. The number of rotatable bonds is 5. The first-order chi connectivity index (χ1) is 15.5. The quantitative estimate of drug-likeness (QED) is 0.516. The Balaban J connectivity index is 1.32. The minimum Gasteiger partial charge on any atom is -0.482 e. The number of hydrogen-bond donors (Lipinski definition) is 3. The van der Waals surface area contributed by atoms with Gasteiger partial charge in [0.25, 0.3) is 17.7 Å². The summed E-state index contributed by atoms with van der Waals surface area (Å²) in [5.41, 5.74) is 2.10. The zero-order chi connectivity index (χ0) is 22.2. The summed E-state index contributed by atoms with van der Waals surface area (Å²) in [6.07, 6.45) is 1.53. The monoisotopic (exact) mass is 435 g/mol. The first kappa shape index (κ1) is 19.9. The summed E-state index contributed by atoms with van der Waals surface area (Å²) >= 11 is 0. The van der Waals surface area contributed by atoms with E-state index in [0.29, 0.717) is 17.1 Å². The van der Waals surface area contributed by atoms with Gasteiger partial charge in [0.1, 0.15) is 17.1 Å². The van der Waals surface area contributed by atoms with E-state index < -0.39 is 5.91 Å². The van der Waals surface area contributed by atoms with E-state index in [9.17, 15) is 14.4 Å². The van der Waals surface area contributed by atoms with E-state index >= 15 is 0 Å². The molecule has 5 rings (SSSR count). The van der Waals surface area contributed by atoms with Gasteiger partial charge in [0.2, 0.25) is 0 Å². The molecule has 164 valence electrons. The van der Waals surface area contributed by atoms with Gasteiger partial charge in [-0.05, 0) is 24.7 Å². The Morgan fingerprint density at radius 1 is 1.22 bits per heavy atom. The fraction of sp³-hybridized carbons (Fsp3) is 0.286. The number of benzene rings is 1. The molecule has 3 aromatic rings. The maximum atomic E-state index is 12.8. The highest BCUT2D eigenvalue weighted by atomic mass is 16.5. The summed E-state index contributed by atoms with van der Waals surface area (Å²) in [5.74, 6) is -0.375. The van der Waals surface area contributed by atoms with Crippen LogP contribution < -0.4 is 20.7 Å². The molecule has 3 amide bonds. The van der Waals surface area contributed by atoms with Gasteiger partial charge in [0.15, 0.2) is 12.3 Å². The molecule has 0 aliphatic carbocycles. The second-order valence-corrected chi connectivity index (χ2v) is 7.87. The summed E-state index contributed by atoms with van der Waals surface area (Å²) in [4.78, 5) is 43.5. The number of amides is 3. The second-order valence-electron chi connectivity index (χ2n) is 7.87. The number of nitrogens with one attached hydrogen (secondary N) is 3. The molecule has 2 aliphatic heterocycles. The van der Waals surface area contributed by atoms with Gasteiger partial charge in [-0.2, -0.15) is 5.10 Å². The van der Waals surface area contributed by atoms with Crippen molar-refractivity contribution in [3.63, 3.8) is 0 Å². The Morgan fingerprint density at radius 3 is 2.88 bits per heavy atom. The summed E-state index contributed by atoms with van der Waals surface area (Å²) in [5, 5.41) is 12.6. The molecular formula is C21H21N7O4. The van der Waals surface area contributed by atoms with E-state index in [0.717, 1.165) is 18.7 Å². The van der Waals surface area contributed by atoms with Crippen LogP contribution in [0.4, 0.5) is 5.69 Å². The predicted octanol–water partition coefficient (Wildman–Crippen LogP) is 0.0340. The van der Waals surface area contributed by atoms with Crippen LogP contribution in [-0.2, 0) is 11.3 Å². The maximum Gasteiger partial charge on any atom is 0.270 e. The molecule has 1 fully saturated rings. The van der Waals surface area contributed by atoms with E-state index in [2.05, 4.69) is 30.9 Å². The third kappa shape index (κ3) is 3.85. The van der Waals surface area contributed by atoms with Crippen LogP contribution >= 0.6 is 0 Å². The van der Waals surface area contributed by atoms with E-state index in [1.807, 2.05) is 7.05 Å². The molecular weight excluding hydrogens is 414 g/mol. The standard InChI is InChI=1S/C21H21N7O4/c1-27-9-13(10-27)24-21(31)16-7-15(25-18-4-5-23-28(16)18)20(30)22-8-12-2-3-17-14(6-12)26-19(29)11-32-17/h2-7,13H,8-11H2,1H3,(H,22,30)(H,24,31)(H,26,29). The molecule has 11 nitrogen and oxygen atoms in total. The molecule has 2 aliphatic rings. The third-order valence-corrected chi connectivity index (χ3v) is 5.35. The highest BCUT2D eigenvalue weighted by Gasteiger charge is 2.27. The van der Waals surface area contributed by atoms with Crippen molar-refractivity contribution in [1.82, 2.24) is 30.1 Å². The molecule has 1 saturated heterocycles. The molecule has 0 saturated carbocycles. The minimum absolute atomic E-state index is 0.0147. The van der Waals surface area contributed by atoms with Crippen LogP contribution in [0.25, 0.3) is 5.65 Å². The predicted molar refractivity (Wildman–Crippen MR) is 113 cm³/mol. The van der Waals surface area contributed by atoms with E-state index in [4.69, 9.17) is 4.74 Å². The molecule has 3 N–H and O–H groups in total. The molecule has 0 spiro atoms. The highest BCUT2D eigenvalue weighted by molar-refractivity contribution is 5.98. The molecule has 0 atom stereocenters. The van der Waals surface area contributed by atoms with Crippen molar-refractivity contribution < 1.29 is 19.1 Å². The van der Waals surface area contributed by atoms with Gasteiger partial charge < -0.3 is 25.6 Å². The lowest BCUT2D eigenvalue weighted by molar-refractivity contribution is -0.118. The smallest absolute Gasteiger partial charge is 0.270 e. The molecule has 2 aromatic heterocycles. The van der Waals surface area contributed by atoms with Gasteiger partial charge in [-0.3, -0.25) is 14.4 Å². The number of anilines is 1. The van der Waals surface area contributed by atoms with Crippen LogP contribution in [-0.4, -0.2) is 70.0 Å². The number of hydrogen-bond acceptors (Lipinski definition) is 7. The van der Waals surface area contributed by atoms with Crippen molar-refractivity contribution in [2.24, 2.45) is 0 Å². The summed E-state index contributed by atoms with van der Waals surface area (Å²) in [6, 6.07) is 8.43. The van der Waals surface area contributed by atoms with Crippen LogP contribution in [0.3, 0.4) is 0 Å². The number of likely N-dealkylation sites (N-methyl/N-ethyl adjacent to an activating group) is 1. The molecule has 1 aromatic carbocycles.